The largest absolute Gasteiger partial charge is 0.494 e. The van der Waals surface area contributed by atoms with Crippen LogP contribution in [0.25, 0.3) is 0 Å². The Bertz CT molecular complexity index is 1360. The van der Waals surface area contributed by atoms with Crippen LogP contribution in [-0.4, -0.2) is 55.9 Å². The zero-order valence-electron chi connectivity index (χ0n) is 22.5. The van der Waals surface area contributed by atoms with Gasteiger partial charge in [-0.15, -0.1) is 0 Å². The number of hydrogen-bond donors (Lipinski definition) is 3. The average molecular weight is 665 g/mol. The molecule has 1 amide bonds. The Labute approximate surface area is 258 Å². The van der Waals surface area contributed by atoms with E-state index >= 15 is 0 Å². The Kier molecular flexibility index (Phi) is 11.4. The summed E-state index contributed by atoms with van der Waals surface area (Å²) in [6, 6.07) is 20.0. The second kappa shape index (κ2) is 15.0. The molecule has 0 saturated heterocycles. The minimum absolute atomic E-state index is 0.0558. The van der Waals surface area contributed by atoms with E-state index in [2.05, 4.69) is 26.8 Å². The van der Waals surface area contributed by atoms with Crippen LogP contribution in [0.3, 0.4) is 0 Å². The Morgan fingerprint density at radius 2 is 1.88 bits per heavy atom. The number of benzene rings is 3. The van der Waals surface area contributed by atoms with Gasteiger partial charge in [0.15, 0.2) is 11.6 Å². The normalized spacial score (nSPS) is 18.1. The summed E-state index contributed by atoms with van der Waals surface area (Å²) in [7, 11) is 1.63. The standard InChI is InChI=1S/C30H32BrCl2N3O5/c1-39-16-4-14-34-36-29(38)30(19-21-6-2-3-7-25(21)31)27(24-13-10-22(32)18-26(24)33)41-28(35-30)20-8-11-23(12-9-20)40-17-5-15-37/h2-3,6-13,18,27,34,37H,4-5,14-17,19H2,1H3,(H,36,38)/t27-,30-/m0/s1. The second-order valence-corrected chi connectivity index (χ2v) is 11.1. The van der Waals surface area contributed by atoms with Crippen molar-refractivity contribution in [2.45, 2.75) is 30.9 Å². The molecule has 3 N–H and O–H groups in total. The van der Waals surface area contributed by atoms with Gasteiger partial charge in [-0.1, -0.05) is 63.4 Å². The van der Waals surface area contributed by atoms with E-state index in [1.165, 1.54) is 0 Å². The number of aliphatic imine (C=N–C) groups is 1. The molecule has 3 aromatic carbocycles. The summed E-state index contributed by atoms with van der Waals surface area (Å²) in [5.74, 6) is 0.570. The van der Waals surface area contributed by atoms with E-state index in [1.807, 2.05) is 36.4 Å². The van der Waals surface area contributed by atoms with Crippen molar-refractivity contribution in [2.75, 3.05) is 33.5 Å². The lowest BCUT2D eigenvalue weighted by Gasteiger charge is -2.31. The van der Waals surface area contributed by atoms with Gasteiger partial charge in [0.05, 0.1) is 6.61 Å². The third kappa shape index (κ3) is 7.80. The van der Waals surface area contributed by atoms with Crippen LogP contribution in [0.2, 0.25) is 10.0 Å². The molecule has 0 spiro atoms. The van der Waals surface area contributed by atoms with E-state index in [1.54, 1.807) is 37.4 Å². The lowest BCUT2D eigenvalue weighted by molar-refractivity contribution is -0.130. The summed E-state index contributed by atoms with van der Waals surface area (Å²) in [5, 5.41) is 9.85. The predicted octanol–water partition coefficient (Wildman–Crippen LogP) is 5.67. The number of nitrogens with zero attached hydrogens (tertiary/aromatic N) is 1. The molecule has 0 fully saturated rings. The molecule has 0 saturated carbocycles. The molecule has 0 aromatic heterocycles. The summed E-state index contributed by atoms with van der Waals surface area (Å²) in [5.41, 5.74) is 6.55. The third-order valence-electron chi connectivity index (χ3n) is 6.54. The SMILES string of the molecule is COCCCNNC(=O)[C@@]1(Cc2ccccc2Br)N=C(c2ccc(OCCCO)cc2)O[C@H]1c1ccc(Cl)cc1Cl. The quantitative estimate of drug-likeness (QED) is 0.152. The summed E-state index contributed by atoms with van der Waals surface area (Å²) in [6.45, 7) is 1.52. The lowest BCUT2D eigenvalue weighted by atomic mass is 9.82. The molecular formula is C30H32BrCl2N3O5. The van der Waals surface area contributed by atoms with Crippen LogP contribution in [-0.2, 0) is 20.7 Å². The number of aliphatic hydroxyl groups is 1. The fourth-order valence-corrected chi connectivity index (χ4v) is 5.39. The number of nitrogens with one attached hydrogen (secondary N) is 2. The van der Waals surface area contributed by atoms with Crippen molar-refractivity contribution in [1.82, 2.24) is 10.9 Å². The molecule has 2 atom stereocenters. The molecule has 1 aliphatic rings. The number of aliphatic hydroxyl groups excluding tert-OH is 1. The van der Waals surface area contributed by atoms with Gasteiger partial charge in [-0.05, 0) is 54.4 Å². The Balaban J connectivity index is 1.76. The van der Waals surface area contributed by atoms with Crippen molar-refractivity contribution in [3.8, 4) is 5.75 Å². The minimum atomic E-state index is -1.43. The molecule has 0 bridgehead atoms. The maximum absolute atomic E-state index is 14.1. The van der Waals surface area contributed by atoms with E-state index < -0.39 is 11.6 Å². The molecule has 218 valence electrons. The van der Waals surface area contributed by atoms with E-state index in [4.69, 9.17) is 47.5 Å². The van der Waals surface area contributed by atoms with Crippen LogP contribution in [0.15, 0.2) is 76.2 Å². The van der Waals surface area contributed by atoms with Gasteiger partial charge < -0.3 is 19.3 Å². The highest BCUT2D eigenvalue weighted by atomic mass is 79.9. The van der Waals surface area contributed by atoms with Gasteiger partial charge in [-0.3, -0.25) is 10.2 Å². The Morgan fingerprint density at radius 3 is 2.59 bits per heavy atom. The van der Waals surface area contributed by atoms with Crippen LogP contribution in [0.4, 0.5) is 0 Å². The Morgan fingerprint density at radius 1 is 1.10 bits per heavy atom. The number of amides is 1. The number of halogens is 3. The van der Waals surface area contributed by atoms with Crippen molar-refractivity contribution in [2.24, 2.45) is 4.99 Å². The number of carbonyl (C=O) groups is 1. The molecule has 3 aromatic rings. The molecule has 0 unspecified atom stereocenters. The van der Waals surface area contributed by atoms with E-state index in [-0.39, 0.29) is 18.9 Å². The first-order valence-electron chi connectivity index (χ1n) is 13.2. The van der Waals surface area contributed by atoms with Crippen molar-refractivity contribution in [3.05, 3.63) is 97.9 Å². The van der Waals surface area contributed by atoms with Crippen molar-refractivity contribution in [1.29, 1.82) is 0 Å². The maximum Gasteiger partial charge on any atom is 0.266 e. The van der Waals surface area contributed by atoms with Crippen molar-refractivity contribution in [3.63, 3.8) is 0 Å². The smallest absolute Gasteiger partial charge is 0.266 e. The molecule has 0 radical (unpaired) electrons. The molecule has 41 heavy (non-hydrogen) atoms. The van der Waals surface area contributed by atoms with Gasteiger partial charge in [0, 0.05) is 65.4 Å². The molecular weight excluding hydrogens is 633 g/mol. The molecule has 1 heterocycles. The second-order valence-electron chi connectivity index (χ2n) is 9.45. The topological polar surface area (TPSA) is 101 Å². The fourth-order valence-electron chi connectivity index (χ4n) is 4.46. The van der Waals surface area contributed by atoms with Crippen LogP contribution >= 0.6 is 39.1 Å². The van der Waals surface area contributed by atoms with Crippen LogP contribution in [0, 0.1) is 0 Å². The minimum Gasteiger partial charge on any atom is -0.494 e. The first-order chi connectivity index (χ1) is 19.9. The van der Waals surface area contributed by atoms with Gasteiger partial charge in [-0.2, -0.15) is 0 Å². The number of ether oxygens (including phenoxy) is 3. The first-order valence-corrected chi connectivity index (χ1v) is 14.7. The molecule has 11 heteroatoms. The molecule has 8 nitrogen and oxygen atoms in total. The number of methoxy groups -OCH3 is 1. The summed E-state index contributed by atoms with van der Waals surface area (Å²) in [4.78, 5) is 19.1. The summed E-state index contributed by atoms with van der Waals surface area (Å²) < 4.78 is 18.1. The number of hydrogen-bond acceptors (Lipinski definition) is 7. The molecule has 0 aliphatic carbocycles. The van der Waals surface area contributed by atoms with Gasteiger partial charge >= 0.3 is 0 Å². The average Bonchev–Trinajstić information content (AvgIpc) is 3.34. The zero-order chi connectivity index (χ0) is 29.2. The van der Waals surface area contributed by atoms with Gasteiger partial charge in [-0.25, -0.2) is 10.4 Å². The highest BCUT2D eigenvalue weighted by molar-refractivity contribution is 9.10. The maximum atomic E-state index is 14.1. The van der Waals surface area contributed by atoms with Crippen LogP contribution < -0.4 is 15.6 Å². The van der Waals surface area contributed by atoms with Gasteiger partial charge in [0.2, 0.25) is 5.90 Å². The first kappa shape index (κ1) is 31.3. The summed E-state index contributed by atoms with van der Waals surface area (Å²) in [6.07, 6.45) is 0.594. The molecule has 4 rings (SSSR count). The van der Waals surface area contributed by atoms with Crippen molar-refractivity contribution >= 4 is 50.9 Å². The number of rotatable bonds is 14. The molecule has 1 aliphatic heterocycles. The fraction of sp³-hybridized carbons (Fsp3) is 0.333. The van der Waals surface area contributed by atoms with Gasteiger partial charge in [0.25, 0.3) is 5.91 Å². The lowest BCUT2D eigenvalue weighted by Crippen LogP contribution is -2.54. The highest BCUT2D eigenvalue weighted by Gasteiger charge is 2.54. The van der Waals surface area contributed by atoms with Crippen molar-refractivity contribution < 1.29 is 24.1 Å². The summed E-state index contributed by atoms with van der Waals surface area (Å²) >= 11 is 16.5. The van der Waals surface area contributed by atoms with Gasteiger partial charge in [0.1, 0.15) is 5.75 Å². The van der Waals surface area contributed by atoms with E-state index in [9.17, 15) is 4.79 Å². The van der Waals surface area contributed by atoms with E-state index in [0.29, 0.717) is 65.4 Å². The number of hydrazine groups is 1. The Hall–Kier alpha value is -2.66. The monoisotopic (exact) mass is 663 g/mol. The van der Waals surface area contributed by atoms with Crippen LogP contribution in [0.1, 0.15) is 35.6 Å². The predicted molar refractivity (Wildman–Crippen MR) is 164 cm³/mol. The highest BCUT2D eigenvalue weighted by Crippen LogP contribution is 2.45. The number of carbonyl (C=O) groups excluding carboxylic acids is 1. The van der Waals surface area contributed by atoms with E-state index in [0.717, 1.165) is 10.0 Å². The third-order valence-corrected chi connectivity index (χ3v) is 7.88. The zero-order valence-corrected chi connectivity index (χ0v) is 25.6. The van der Waals surface area contributed by atoms with Crippen LogP contribution in [0.5, 0.6) is 5.75 Å².